The number of ether oxygens (including phenoxy) is 2. The molecule has 1 atom stereocenters. The summed E-state index contributed by atoms with van der Waals surface area (Å²) < 4.78 is 11.0. The zero-order chi connectivity index (χ0) is 27.7. The monoisotopic (exact) mass is 527 g/mol. The maximum absolute atomic E-state index is 13.4. The van der Waals surface area contributed by atoms with E-state index in [0.29, 0.717) is 47.9 Å². The quantitative estimate of drug-likeness (QED) is 0.218. The minimum Gasteiger partial charge on any atom is -0.507 e. The van der Waals surface area contributed by atoms with Gasteiger partial charge in [-0.1, -0.05) is 19.9 Å². The number of carbonyl (C=O) groups excluding carboxylic acids is 3. The first-order valence-electron chi connectivity index (χ1n) is 12.7. The lowest BCUT2D eigenvalue weighted by Crippen LogP contribution is -2.29. The summed E-state index contributed by atoms with van der Waals surface area (Å²) in [5, 5.41) is 11.5. The molecule has 0 bridgehead atoms. The van der Waals surface area contributed by atoms with Crippen molar-refractivity contribution in [2.45, 2.75) is 19.9 Å². The molecule has 9 nitrogen and oxygen atoms in total. The van der Waals surface area contributed by atoms with Gasteiger partial charge in [-0.3, -0.25) is 19.5 Å². The van der Waals surface area contributed by atoms with E-state index in [1.165, 1.54) is 4.90 Å². The van der Waals surface area contributed by atoms with Crippen LogP contribution in [0.4, 0.5) is 11.4 Å². The molecule has 5 rings (SSSR count). The number of rotatable bonds is 6. The van der Waals surface area contributed by atoms with Gasteiger partial charge in [0.15, 0.2) is 0 Å². The second kappa shape index (κ2) is 10.6. The first-order chi connectivity index (χ1) is 18.8. The Labute approximate surface area is 226 Å². The molecular weight excluding hydrogens is 498 g/mol. The molecule has 3 aromatic rings. The van der Waals surface area contributed by atoms with Crippen molar-refractivity contribution in [2.24, 2.45) is 5.92 Å². The molecule has 2 aromatic carbocycles. The van der Waals surface area contributed by atoms with Crippen LogP contribution in [0.15, 0.2) is 72.6 Å². The van der Waals surface area contributed by atoms with Crippen LogP contribution in [0.2, 0.25) is 0 Å². The highest BCUT2D eigenvalue weighted by Gasteiger charge is 2.47. The van der Waals surface area contributed by atoms with E-state index in [4.69, 9.17) is 9.47 Å². The Balaban J connectivity index is 1.57. The lowest BCUT2D eigenvalue weighted by molar-refractivity contribution is -0.132. The summed E-state index contributed by atoms with van der Waals surface area (Å²) in [6, 6.07) is 14.0. The van der Waals surface area contributed by atoms with Gasteiger partial charge < -0.3 is 19.5 Å². The molecule has 0 radical (unpaired) electrons. The lowest BCUT2D eigenvalue weighted by atomic mass is 9.95. The fourth-order valence-electron chi connectivity index (χ4n) is 4.69. The van der Waals surface area contributed by atoms with Gasteiger partial charge in [-0.05, 0) is 60.0 Å². The summed E-state index contributed by atoms with van der Waals surface area (Å²) >= 11 is 0. The van der Waals surface area contributed by atoms with Crippen molar-refractivity contribution in [1.82, 2.24) is 4.98 Å². The third-order valence-corrected chi connectivity index (χ3v) is 6.70. The maximum Gasteiger partial charge on any atom is 0.338 e. The van der Waals surface area contributed by atoms with E-state index in [-0.39, 0.29) is 17.3 Å². The standard InChI is InChI=1S/C30H29N3O6/c1-18(2)17-39-30(37)19-6-9-22(10-7-19)33-26(21-5-4-12-31-16-21)25(28(35)29(33)36)27(34)20-8-11-24-23(15-20)32(3)13-14-38-24/h4-12,15-16,18,26,34H,13-14,17H2,1-3H3/b27-25-. The minimum absolute atomic E-state index is 0.0484. The number of amides is 1. The number of pyridine rings is 1. The van der Waals surface area contributed by atoms with Gasteiger partial charge in [-0.2, -0.15) is 0 Å². The zero-order valence-corrected chi connectivity index (χ0v) is 22.0. The Hall–Kier alpha value is -4.66. The van der Waals surface area contributed by atoms with Crippen LogP contribution in [0.25, 0.3) is 5.76 Å². The SMILES string of the molecule is CC(C)COC(=O)c1ccc(N2C(=O)C(=O)/C(=C(\O)c3ccc4c(c3)N(C)CCO4)C2c2cccnc2)cc1. The van der Waals surface area contributed by atoms with Crippen LogP contribution in [-0.4, -0.2) is 54.6 Å². The molecule has 1 N–H and O–H groups in total. The normalized spacial score (nSPS) is 18.2. The highest BCUT2D eigenvalue weighted by Crippen LogP contribution is 2.43. The molecule has 2 aliphatic rings. The lowest BCUT2D eigenvalue weighted by Gasteiger charge is -2.28. The smallest absolute Gasteiger partial charge is 0.338 e. The fraction of sp³-hybridized carbons (Fsp3) is 0.267. The largest absolute Gasteiger partial charge is 0.507 e. The van der Waals surface area contributed by atoms with Gasteiger partial charge in [-0.15, -0.1) is 0 Å². The highest BCUT2D eigenvalue weighted by atomic mass is 16.5. The van der Waals surface area contributed by atoms with Crippen LogP contribution >= 0.6 is 0 Å². The molecule has 3 heterocycles. The van der Waals surface area contributed by atoms with Gasteiger partial charge in [0.25, 0.3) is 11.7 Å². The molecular formula is C30H29N3O6. The van der Waals surface area contributed by atoms with Crippen LogP contribution in [0, 0.1) is 5.92 Å². The number of aliphatic hydroxyl groups is 1. The fourth-order valence-corrected chi connectivity index (χ4v) is 4.69. The molecule has 1 unspecified atom stereocenters. The third kappa shape index (κ3) is 4.95. The number of anilines is 2. The number of hydrogen-bond donors (Lipinski definition) is 1. The Bertz CT molecular complexity index is 1450. The molecule has 0 aliphatic carbocycles. The molecule has 2 aliphatic heterocycles. The number of carbonyl (C=O) groups is 3. The highest BCUT2D eigenvalue weighted by molar-refractivity contribution is 6.51. The van der Waals surface area contributed by atoms with Gasteiger partial charge in [0.1, 0.15) is 18.1 Å². The number of likely N-dealkylation sites (N-methyl/N-ethyl adjacent to an activating group) is 1. The zero-order valence-electron chi connectivity index (χ0n) is 22.0. The van der Waals surface area contributed by atoms with Crippen molar-refractivity contribution in [3.05, 3.63) is 89.3 Å². The topological polar surface area (TPSA) is 109 Å². The van der Waals surface area contributed by atoms with E-state index in [1.807, 2.05) is 25.8 Å². The van der Waals surface area contributed by atoms with Gasteiger partial charge in [0.2, 0.25) is 0 Å². The van der Waals surface area contributed by atoms with Crippen molar-refractivity contribution < 1.29 is 29.0 Å². The van der Waals surface area contributed by atoms with E-state index < -0.39 is 23.7 Å². The molecule has 9 heteroatoms. The molecule has 1 saturated heterocycles. The number of esters is 1. The number of aromatic nitrogens is 1. The van der Waals surface area contributed by atoms with Gasteiger partial charge >= 0.3 is 5.97 Å². The van der Waals surface area contributed by atoms with E-state index in [9.17, 15) is 19.5 Å². The average Bonchev–Trinajstić information content (AvgIpc) is 3.22. The molecule has 1 fully saturated rings. The maximum atomic E-state index is 13.4. The Morgan fingerprint density at radius 2 is 1.87 bits per heavy atom. The number of Topliss-reactive ketones (excluding diaryl/α,β-unsaturated/α-hetero) is 1. The third-order valence-electron chi connectivity index (χ3n) is 6.70. The molecule has 1 aromatic heterocycles. The summed E-state index contributed by atoms with van der Waals surface area (Å²) in [5.41, 5.74) is 2.39. The van der Waals surface area contributed by atoms with E-state index >= 15 is 0 Å². The number of benzene rings is 2. The first-order valence-corrected chi connectivity index (χ1v) is 12.7. The van der Waals surface area contributed by atoms with E-state index in [1.54, 1.807) is 67.0 Å². The number of nitrogens with zero attached hydrogens (tertiary/aromatic N) is 3. The Kier molecular flexibility index (Phi) is 7.06. The summed E-state index contributed by atoms with van der Waals surface area (Å²) in [7, 11) is 1.92. The van der Waals surface area contributed by atoms with Crippen LogP contribution in [-0.2, 0) is 14.3 Å². The van der Waals surface area contributed by atoms with Crippen molar-refractivity contribution in [2.75, 3.05) is 36.6 Å². The van der Waals surface area contributed by atoms with Crippen LogP contribution < -0.4 is 14.5 Å². The Morgan fingerprint density at radius 1 is 1.13 bits per heavy atom. The number of hydrogen-bond acceptors (Lipinski definition) is 8. The predicted molar refractivity (Wildman–Crippen MR) is 146 cm³/mol. The minimum atomic E-state index is -0.928. The van der Waals surface area contributed by atoms with Gasteiger partial charge in [0, 0.05) is 30.7 Å². The summed E-state index contributed by atoms with van der Waals surface area (Å²) in [6.45, 7) is 5.41. The summed E-state index contributed by atoms with van der Waals surface area (Å²) in [6.07, 6.45) is 3.15. The van der Waals surface area contributed by atoms with Crippen molar-refractivity contribution >= 4 is 34.8 Å². The second-order valence-electron chi connectivity index (χ2n) is 9.95. The van der Waals surface area contributed by atoms with Crippen molar-refractivity contribution in [3.8, 4) is 5.75 Å². The van der Waals surface area contributed by atoms with Crippen LogP contribution in [0.1, 0.15) is 41.4 Å². The summed E-state index contributed by atoms with van der Waals surface area (Å²) in [5.74, 6) is -1.50. The van der Waals surface area contributed by atoms with Gasteiger partial charge in [0.05, 0.1) is 36.0 Å². The molecule has 0 spiro atoms. The van der Waals surface area contributed by atoms with Crippen molar-refractivity contribution in [3.63, 3.8) is 0 Å². The molecule has 200 valence electrons. The number of fused-ring (bicyclic) bond motifs is 1. The summed E-state index contributed by atoms with van der Waals surface area (Å²) in [4.78, 5) is 46.7. The molecule has 39 heavy (non-hydrogen) atoms. The molecule has 0 saturated carbocycles. The Morgan fingerprint density at radius 3 is 2.56 bits per heavy atom. The van der Waals surface area contributed by atoms with Crippen LogP contribution in [0.5, 0.6) is 5.75 Å². The number of aliphatic hydroxyl groups excluding tert-OH is 1. The predicted octanol–water partition coefficient (Wildman–Crippen LogP) is 4.35. The van der Waals surface area contributed by atoms with Gasteiger partial charge in [-0.25, -0.2) is 4.79 Å². The average molecular weight is 528 g/mol. The van der Waals surface area contributed by atoms with Crippen LogP contribution in [0.3, 0.4) is 0 Å². The first kappa shape index (κ1) is 26.0. The van der Waals surface area contributed by atoms with Crippen molar-refractivity contribution in [1.29, 1.82) is 0 Å². The van der Waals surface area contributed by atoms with E-state index in [2.05, 4.69) is 4.98 Å². The second-order valence-corrected chi connectivity index (χ2v) is 9.95. The van der Waals surface area contributed by atoms with E-state index in [0.717, 1.165) is 5.69 Å². The molecule has 1 amide bonds. The number of ketones is 1.